The van der Waals surface area contributed by atoms with E-state index >= 15 is 0 Å². The molecule has 0 unspecified atom stereocenters. The zero-order chi connectivity index (χ0) is 10.4. The first-order valence-electron chi connectivity index (χ1n) is 6.01. The van der Waals surface area contributed by atoms with Gasteiger partial charge in [-0.25, -0.2) is 5.21 Å². The van der Waals surface area contributed by atoms with Crippen LogP contribution in [0, 0.1) is 11.8 Å². The second-order valence-electron chi connectivity index (χ2n) is 6.35. The molecule has 1 N–H and O–H groups in total. The number of hydrogen-bond donors (Lipinski definition) is 1. The monoisotopic (exact) mass is 198 g/mol. The molecule has 3 aliphatic rings. The molecule has 0 aromatic heterocycles. The SMILES string of the molecule is CC(C)(C)[N+]1(O)CC2CCC(CC2)C1. The van der Waals surface area contributed by atoms with Crippen LogP contribution in [0.2, 0.25) is 0 Å². The van der Waals surface area contributed by atoms with Gasteiger partial charge in [0, 0.05) is 11.8 Å². The second-order valence-corrected chi connectivity index (χ2v) is 6.35. The van der Waals surface area contributed by atoms with Crippen molar-refractivity contribution in [1.29, 1.82) is 0 Å². The highest BCUT2D eigenvalue weighted by molar-refractivity contribution is 4.78. The molecule has 2 nitrogen and oxygen atoms in total. The minimum absolute atomic E-state index is 0.00875. The summed E-state index contributed by atoms with van der Waals surface area (Å²) in [5.41, 5.74) is -0.00875. The third-order valence-corrected chi connectivity index (χ3v) is 4.34. The molecule has 14 heavy (non-hydrogen) atoms. The molecule has 2 bridgehead atoms. The predicted octanol–water partition coefficient (Wildman–Crippen LogP) is 2.81. The van der Waals surface area contributed by atoms with Crippen LogP contribution >= 0.6 is 0 Å². The molecule has 82 valence electrons. The maximum atomic E-state index is 10.7. The van der Waals surface area contributed by atoms with E-state index in [1.165, 1.54) is 25.7 Å². The molecular formula is C12H24NO+. The maximum absolute atomic E-state index is 10.7. The molecule has 2 saturated heterocycles. The fourth-order valence-electron chi connectivity index (χ4n) is 3.07. The lowest BCUT2D eigenvalue weighted by Gasteiger charge is -2.41. The topological polar surface area (TPSA) is 20.2 Å². The largest absolute Gasteiger partial charge is 0.217 e. The van der Waals surface area contributed by atoms with Gasteiger partial charge in [-0.05, 0) is 46.5 Å². The lowest BCUT2D eigenvalue weighted by Crippen LogP contribution is -2.59. The van der Waals surface area contributed by atoms with Crippen LogP contribution in [0.25, 0.3) is 0 Å². The summed E-state index contributed by atoms with van der Waals surface area (Å²) in [6, 6.07) is 0. The van der Waals surface area contributed by atoms with Gasteiger partial charge in [0.25, 0.3) is 0 Å². The summed E-state index contributed by atoms with van der Waals surface area (Å²) in [5.74, 6) is 1.55. The Labute approximate surface area is 87.5 Å². The van der Waals surface area contributed by atoms with Gasteiger partial charge in [-0.2, -0.15) is 4.65 Å². The molecule has 3 rings (SSSR count). The number of hydroxylamine groups is 3. The first-order valence-corrected chi connectivity index (χ1v) is 6.01. The first kappa shape index (κ1) is 10.4. The van der Waals surface area contributed by atoms with Crippen molar-refractivity contribution in [3.63, 3.8) is 0 Å². The Hall–Kier alpha value is -0.0800. The van der Waals surface area contributed by atoms with Crippen molar-refractivity contribution in [3.05, 3.63) is 0 Å². The lowest BCUT2D eigenvalue weighted by atomic mass is 9.84. The van der Waals surface area contributed by atoms with Crippen molar-refractivity contribution in [2.75, 3.05) is 13.1 Å². The Kier molecular flexibility index (Phi) is 2.39. The molecular weight excluding hydrogens is 174 g/mol. The van der Waals surface area contributed by atoms with E-state index in [0.717, 1.165) is 24.9 Å². The fourth-order valence-corrected chi connectivity index (χ4v) is 3.07. The van der Waals surface area contributed by atoms with Crippen molar-refractivity contribution in [2.24, 2.45) is 11.8 Å². The standard InChI is InChI=1S/C12H24NO/c1-12(2,3)13(14)8-10-4-5-11(9-13)7-6-10/h10-11,14H,4-9H2,1-3H3/q+1. The van der Waals surface area contributed by atoms with Gasteiger partial charge < -0.3 is 0 Å². The summed E-state index contributed by atoms with van der Waals surface area (Å²) in [5, 5.41) is 10.7. The molecule has 0 amide bonds. The Morgan fingerprint density at radius 3 is 1.57 bits per heavy atom. The summed E-state index contributed by atoms with van der Waals surface area (Å²) < 4.78 is 0.308. The van der Waals surface area contributed by atoms with Crippen molar-refractivity contribution in [1.82, 2.24) is 0 Å². The summed E-state index contributed by atoms with van der Waals surface area (Å²) in [7, 11) is 0. The van der Waals surface area contributed by atoms with E-state index in [2.05, 4.69) is 20.8 Å². The van der Waals surface area contributed by atoms with Gasteiger partial charge in [-0.3, -0.25) is 0 Å². The molecule has 2 heterocycles. The Bertz CT molecular complexity index is 197. The number of fused-ring (bicyclic) bond motifs is 4. The highest BCUT2D eigenvalue weighted by Gasteiger charge is 2.47. The van der Waals surface area contributed by atoms with Crippen LogP contribution in [-0.4, -0.2) is 28.5 Å². The van der Waals surface area contributed by atoms with E-state index in [4.69, 9.17) is 0 Å². The molecule has 0 aromatic carbocycles. The van der Waals surface area contributed by atoms with Crippen molar-refractivity contribution in [2.45, 2.75) is 52.0 Å². The molecule has 2 heteroatoms. The van der Waals surface area contributed by atoms with E-state index in [-0.39, 0.29) is 5.54 Å². The van der Waals surface area contributed by atoms with Crippen LogP contribution in [0.5, 0.6) is 0 Å². The number of nitrogens with zero attached hydrogens (tertiary/aromatic N) is 1. The van der Waals surface area contributed by atoms with E-state index < -0.39 is 0 Å². The quantitative estimate of drug-likeness (QED) is 0.593. The zero-order valence-electron chi connectivity index (χ0n) is 9.79. The number of hydrogen-bond acceptors (Lipinski definition) is 1. The van der Waals surface area contributed by atoms with Gasteiger partial charge in [-0.1, -0.05) is 0 Å². The summed E-state index contributed by atoms with van der Waals surface area (Å²) >= 11 is 0. The van der Waals surface area contributed by atoms with E-state index in [0.29, 0.717) is 4.65 Å². The molecule has 0 atom stereocenters. The Morgan fingerprint density at radius 2 is 1.29 bits per heavy atom. The van der Waals surface area contributed by atoms with Gasteiger partial charge in [0.05, 0.1) is 0 Å². The van der Waals surface area contributed by atoms with Crippen LogP contribution in [0.3, 0.4) is 0 Å². The zero-order valence-corrected chi connectivity index (χ0v) is 9.79. The number of rotatable bonds is 0. The molecule has 0 aromatic rings. The minimum atomic E-state index is -0.00875. The highest BCUT2D eigenvalue weighted by atomic mass is 16.6. The Balaban J connectivity index is 2.21. The normalized spacial score (nSPS) is 43.7. The summed E-state index contributed by atoms with van der Waals surface area (Å²) in [4.78, 5) is 0. The number of quaternary nitrogens is 1. The van der Waals surface area contributed by atoms with E-state index in [1.807, 2.05) is 0 Å². The molecule has 0 spiro atoms. The molecule has 2 aliphatic heterocycles. The predicted molar refractivity (Wildman–Crippen MR) is 57.0 cm³/mol. The van der Waals surface area contributed by atoms with Gasteiger partial charge in [0.15, 0.2) is 0 Å². The fraction of sp³-hybridized carbons (Fsp3) is 1.00. The third-order valence-electron chi connectivity index (χ3n) is 4.34. The summed E-state index contributed by atoms with van der Waals surface area (Å²) in [6.07, 6.45) is 5.39. The second kappa shape index (κ2) is 3.21. The maximum Gasteiger partial charge on any atom is 0.120 e. The highest BCUT2D eigenvalue weighted by Crippen LogP contribution is 2.39. The van der Waals surface area contributed by atoms with Crippen molar-refractivity contribution in [3.8, 4) is 0 Å². The van der Waals surface area contributed by atoms with Crippen molar-refractivity contribution >= 4 is 0 Å². The average molecular weight is 198 g/mol. The molecule has 3 fully saturated rings. The van der Waals surface area contributed by atoms with Gasteiger partial charge in [-0.15, -0.1) is 0 Å². The van der Waals surface area contributed by atoms with Gasteiger partial charge in [0.2, 0.25) is 0 Å². The Morgan fingerprint density at radius 1 is 0.929 bits per heavy atom. The van der Waals surface area contributed by atoms with Crippen LogP contribution < -0.4 is 0 Å². The van der Waals surface area contributed by atoms with Gasteiger partial charge >= 0.3 is 0 Å². The van der Waals surface area contributed by atoms with Crippen LogP contribution in [0.1, 0.15) is 46.5 Å². The van der Waals surface area contributed by atoms with Gasteiger partial charge in [0.1, 0.15) is 18.6 Å². The van der Waals surface area contributed by atoms with Crippen molar-refractivity contribution < 1.29 is 9.85 Å². The molecule has 1 aliphatic carbocycles. The first-order chi connectivity index (χ1) is 6.41. The average Bonchev–Trinajstić information content (AvgIpc) is 2.31. The minimum Gasteiger partial charge on any atom is -0.217 e. The lowest BCUT2D eigenvalue weighted by molar-refractivity contribution is -1.14. The smallest absolute Gasteiger partial charge is 0.120 e. The molecule has 1 saturated carbocycles. The van der Waals surface area contributed by atoms with Crippen LogP contribution in [-0.2, 0) is 0 Å². The third kappa shape index (κ3) is 1.70. The van der Waals surface area contributed by atoms with E-state index in [9.17, 15) is 5.21 Å². The van der Waals surface area contributed by atoms with Crippen LogP contribution in [0.4, 0.5) is 0 Å². The summed E-state index contributed by atoms with van der Waals surface area (Å²) in [6.45, 7) is 8.47. The molecule has 0 radical (unpaired) electrons. The van der Waals surface area contributed by atoms with Crippen LogP contribution in [0.15, 0.2) is 0 Å². The van der Waals surface area contributed by atoms with E-state index in [1.54, 1.807) is 0 Å².